The summed E-state index contributed by atoms with van der Waals surface area (Å²) in [5, 5.41) is 2.86. The number of likely N-dealkylation sites (N-methyl/N-ethyl adjacent to an activating group) is 1. The molecule has 3 aromatic carbocycles. The fourth-order valence-electron chi connectivity index (χ4n) is 4.43. The second kappa shape index (κ2) is 13.8. The lowest BCUT2D eigenvalue weighted by Gasteiger charge is -2.34. The van der Waals surface area contributed by atoms with Crippen LogP contribution in [0.4, 0.5) is 5.69 Å². The molecule has 39 heavy (non-hydrogen) atoms. The molecule has 0 unspecified atom stereocenters. The van der Waals surface area contributed by atoms with E-state index in [2.05, 4.69) is 21.2 Å². The van der Waals surface area contributed by atoms with Crippen LogP contribution >= 0.6 is 15.9 Å². The van der Waals surface area contributed by atoms with E-state index in [1.165, 1.54) is 4.90 Å². The maximum atomic E-state index is 14.1. The maximum absolute atomic E-state index is 14.1. The predicted octanol–water partition coefficient (Wildman–Crippen LogP) is 5.11. The first kappa shape index (κ1) is 30.4. The van der Waals surface area contributed by atoms with Crippen molar-refractivity contribution in [1.82, 2.24) is 10.2 Å². The first-order valence-corrected chi connectivity index (χ1v) is 15.6. The number of benzene rings is 3. The van der Waals surface area contributed by atoms with Crippen LogP contribution in [0.15, 0.2) is 83.3 Å². The molecule has 3 rings (SSSR count). The Hall–Kier alpha value is -3.17. The molecule has 0 aromatic heterocycles. The van der Waals surface area contributed by atoms with E-state index < -0.39 is 28.5 Å². The molecule has 0 aliphatic rings. The Morgan fingerprint density at radius 3 is 2.10 bits per heavy atom. The van der Waals surface area contributed by atoms with E-state index in [1.807, 2.05) is 87.5 Å². The number of nitrogens with one attached hydrogen (secondary N) is 1. The van der Waals surface area contributed by atoms with Crippen LogP contribution in [0.5, 0.6) is 0 Å². The van der Waals surface area contributed by atoms with Gasteiger partial charge in [-0.1, -0.05) is 90.4 Å². The van der Waals surface area contributed by atoms with Gasteiger partial charge in [-0.25, -0.2) is 8.42 Å². The third kappa shape index (κ3) is 8.41. The van der Waals surface area contributed by atoms with Crippen LogP contribution in [0.1, 0.15) is 43.4 Å². The molecule has 208 valence electrons. The van der Waals surface area contributed by atoms with Gasteiger partial charge in [-0.15, -0.1) is 0 Å². The van der Waals surface area contributed by atoms with E-state index in [0.29, 0.717) is 12.2 Å². The summed E-state index contributed by atoms with van der Waals surface area (Å²) in [6.07, 6.45) is 1.39. The SMILES string of the molecule is CCNC(=O)[C@@H](Cc1ccccc1)N(Cc1ccc(Br)cc1)C(=O)CN(c1ccccc1C(C)C)S(C)(=O)=O. The smallest absolute Gasteiger partial charge is 0.244 e. The standard InChI is InChI=1S/C30H36BrN3O4S/c1-5-32-30(36)28(19-23-11-7-6-8-12-23)33(20-24-15-17-25(31)18-16-24)29(35)21-34(39(4,37)38)27-14-10-9-13-26(27)22(2)3/h6-18,22,28H,5,19-21H2,1-4H3,(H,32,36)/t28-/m1/s1. The summed E-state index contributed by atoms with van der Waals surface area (Å²) < 4.78 is 28.1. The molecule has 0 spiro atoms. The van der Waals surface area contributed by atoms with E-state index in [-0.39, 0.29) is 24.8 Å². The first-order chi connectivity index (χ1) is 18.5. The largest absolute Gasteiger partial charge is 0.355 e. The van der Waals surface area contributed by atoms with Gasteiger partial charge >= 0.3 is 0 Å². The Labute approximate surface area is 240 Å². The van der Waals surface area contributed by atoms with Crippen molar-refractivity contribution in [3.05, 3.63) is 100 Å². The first-order valence-electron chi connectivity index (χ1n) is 12.9. The highest BCUT2D eigenvalue weighted by Gasteiger charge is 2.33. The number of amides is 2. The molecule has 2 amide bonds. The van der Waals surface area contributed by atoms with Gasteiger partial charge in [0.1, 0.15) is 12.6 Å². The molecule has 1 atom stereocenters. The van der Waals surface area contributed by atoms with Gasteiger partial charge in [-0.3, -0.25) is 13.9 Å². The van der Waals surface area contributed by atoms with Gasteiger partial charge in [0, 0.05) is 24.0 Å². The average Bonchev–Trinajstić information content (AvgIpc) is 2.90. The van der Waals surface area contributed by atoms with Gasteiger partial charge in [-0.2, -0.15) is 0 Å². The number of rotatable bonds is 12. The molecule has 0 heterocycles. The monoisotopic (exact) mass is 613 g/mol. The lowest BCUT2D eigenvalue weighted by Crippen LogP contribution is -2.53. The molecule has 0 fully saturated rings. The van der Waals surface area contributed by atoms with E-state index >= 15 is 0 Å². The fourth-order valence-corrected chi connectivity index (χ4v) is 5.56. The van der Waals surface area contributed by atoms with Crippen LogP contribution in [0, 0.1) is 0 Å². The average molecular weight is 615 g/mol. The summed E-state index contributed by atoms with van der Waals surface area (Å²) in [5.74, 6) is -0.713. The number of carbonyl (C=O) groups is 2. The molecule has 0 aliphatic carbocycles. The minimum Gasteiger partial charge on any atom is -0.355 e. The van der Waals surface area contributed by atoms with Crippen LogP contribution < -0.4 is 9.62 Å². The molecular formula is C30H36BrN3O4S. The van der Waals surface area contributed by atoms with Gasteiger partial charge in [0.05, 0.1) is 11.9 Å². The van der Waals surface area contributed by atoms with E-state index in [1.54, 1.807) is 12.1 Å². The second-order valence-electron chi connectivity index (χ2n) is 9.73. The lowest BCUT2D eigenvalue weighted by molar-refractivity contribution is -0.140. The Bertz CT molecular complexity index is 1360. The van der Waals surface area contributed by atoms with E-state index in [0.717, 1.165) is 31.7 Å². The van der Waals surface area contributed by atoms with Crippen LogP contribution in [0.3, 0.4) is 0 Å². The van der Waals surface area contributed by atoms with Crippen molar-refractivity contribution >= 4 is 43.5 Å². The molecule has 3 aromatic rings. The van der Waals surface area contributed by atoms with Crippen molar-refractivity contribution in [2.75, 3.05) is 23.7 Å². The van der Waals surface area contributed by atoms with Gasteiger partial charge in [0.15, 0.2) is 0 Å². The van der Waals surface area contributed by atoms with Crippen molar-refractivity contribution < 1.29 is 18.0 Å². The van der Waals surface area contributed by atoms with Gasteiger partial charge in [0.25, 0.3) is 0 Å². The van der Waals surface area contributed by atoms with Crippen molar-refractivity contribution in [3.8, 4) is 0 Å². The highest BCUT2D eigenvalue weighted by molar-refractivity contribution is 9.10. The molecule has 9 heteroatoms. The van der Waals surface area contributed by atoms with Crippen molar-refractivity contribution in [1.29, 1.82) is 0 Å². The van der Waals surface area contributed by atoms with Crippen LogP contribution in [-0.4, -0.2) is 50.5 Å². The van der Waals surface area contributed by atoms with Crippen molar-refractivity contribution in [2.45, 2.75) is 45.7 Å². The zero-order valence-corrected chi connectivity index (χ0v) is 25.2. The Morgan fingerprint density at radius 2 is 1.51 bits per heavy atom. The molecular weight excluding hydrogens is 578 g/mol. The van der Waals surface area contributed by atoms with Crippen molar-refractivity contribution in [2.24, 2.45) is 0 Å². The van der Waals surface area contributed by atoms with E-state index in [9.17, 15) is 18.0 Å². The summed E-state index contributed by atoms with van der Waals surface area (Å²) in [5.41, 5.74) is 3.00. The molecule has 0 bridgehead atoms. The lowest BCUT2D eigenvalue weighted by atomic mass is 10.0. The molecule has 0 saturated heterocycles. The maximum Gasteiger partial charge on any atom is 0.244 e. The quantitative estimate of drug-likeness (QED) is 0.307. The van der Waals surface area contributed by atoms with Gasteiger partial charge < -0.3 is 10.2 Å². The number of halogens is 1. The number of carbonyl (C=O) groups excluding carboxylic acids is 2. The number of hydrogen-bond donors (Lipinski definition) is 1. The topological polar surface area (TPSA) is 86.8 Å². The molecule has 0 aliphatic heterocycles. The van der Waals surface area contributed by atoms with Gasteiger partial charge in [0.2, 0.25) is 21.8 Å². The Balaban J connectivity index is 2.07. The highest BCUT2D eigenvalue weighted by atomic mass is 79.9. The normalized spacial score (nSPS) is 12.2. The predicted molar refractivity (Wildman–Crippen MR) is 160 cm³/mol. The summed E-state index contributed by atoms with van der Waals surface area (Å²) >= 11 is 3.44. The number of para-hydroxylation sites is 1. The molecule has 0 saturated carbocycles. The van der Waals surface area contributed by atoms with Crippen LogP contribution in [0.25, 0.3) is 0 Å². The molecule has 0 radical (unpaired) electrons. The summed E-state index contributed by atoms with van der Waals surface area (Å²) in [7, 11) is -3.82. The number of sulfonamides is 1. The number of nitrogens with zero attached hydrogens (tertiary/aromatic N) is 2. The number of anilines is 1. The van der Waals surface area contributed by atoms with Gasteiger partial charge in [-0.05, 0) is 47.7 Å². The Morgan fingerprint density at radius 1 is 0.897 bits per heavy atom. The number of hydrogen-bond acceptors (Lipinski definition) is 4. The Kier molecular flexibility index (Phi) is 10.7. The minimum atomic E-state index is -3.82. The zero-order chi connectivity index (χ0) is 28.6. The fraction of sp³-hybridized carbons (Fsp3) is 0.333. The van der Waals surface area contributed by atoms with Crippen LogP contribution in [-0.2, 0) is 32.6 Å². The molecule has 1 N–H and O–H groups in total. The summed E-state index contributed by atoms with van der Waals surface area (Å²) in [4.78, 5) is 29.0. The summed E-state index contributed by atoms with van der Waals surface area (Å²) in [6.45, 7) is 5.90. The van der Waals surface area contributed by atoms with E-state index in [4.69, 9.17) is 0 Å². The minimum absolute atomic E-state index is 0.0422. The third-order valence-corrected chi connectivity index (χ3v) is 8.05. The summed E-state index contributed by atoms with van der Waals surface area (Å²) in [6, 6.07) is 23.4. The second-order valence-corrected chi connectivity index (χ2v) is 12.6. The highest BCUT2D eigenvalue weighted by Crippen LogP contribution is 2.29. The van der Waals surface area contributed by atoms with Crippen molar-refractivity contribution in [3.63, 3.8) is 0 Å². The zero-order valence-electron chi connectivity index (χ0n) is 22.8. The molecule has 7 nitrogen and oxygen atoms in total. The van der Waals surface area contributed by atoms with Crippen LogP contribution in [0.2, 0.25) is 0 Å². The third-order valence-electron chi connectivity index (χ3n) is 6.39.